The van der Waals surface area contributed by atoms with E-state index in [1.54, 1.807) is 11.3 Å². The number of aromatic nitrogens is 3. The van der Waals surface area contributed by atoms with Crippen LogP contribution in [0.4, 0.5) is 0 Å². The zero-order valence-corrected chi connectivity index (χ0v) is 18.3. The van der Waals surface area contributed by atoms with Gasteiger partial charge in [0.25, 0.3) is 0 Å². The maximum atomic E-state index is 12.8. The highest BCUT2D eigenvalue weighted by molar-refractivity contribution is 7.18. The van der Waals surface area contributed by atoms with Gasteiger partial charge in [-0.2, -0.15) is 4.98 Å². The Labute approximate surface area is 180 Å². The maximum Gasteiger partial charge on any atom is 0.243 e. The Balaban J connectivity index is 1.16. The molecule has 0 N–H and O–H groups in total. The minimum atomic E-state index is 0.187. The van der Waals surface area contributed by atoms with Crippen LogP contribution in [0.15, 0.2) is 28.8 Å². The molecule has 0 aliphatic carbocycles. The number of fused-ring (bicyclic) bond motifs is 1. The molecule has 2 fully saturated rings. The van der Waals surface area contributed by atoms with Gasteiger partial charge in [-0.1, -0.05) is 17.3 Å². The number of piperidine rings is 1. The third kappa shape index (κ3) is 3.74. The fraction of sp³-hybridized carbons (Fsp3) is 0.545. The summed E-state index contributed by atoms with van der Waals surface area (Å²) in [6.07, 6.45) is 4.36. The molecule has 4 heterocycles. The fourth-order valence-corrected chi connectivity index (χ4v) is 5.95. The molecule has 1 atom stereocenters. The van der Waals surface area contributed by atoms with Gasteiger partial charge in [0.15, 0.2) is 5.82 Å². The summed E-state index contributed by atoms with van der Waals surface area (Å²) in [5.74, 6) is 1.66. The highest BCUT2D eigenvalue weighted by Gasteiger charge is 2.46. The predicted octanol–water partition coefficient (Wildman–Crippen LogP) is 3.61. The molecular formula is C22H27N5O2S. The molecule has 5 rings (SSSR count). The zero-order chi connectivity index (χ0) is 20.7. The zero-order valence-electron chi connectivity index (χ0n) is 17.5. The van der Waals surface area contributed by atoms with Crippen molar-refractivity contribution in [2.45, 2.75) is 45.1 Å². The van der Waals surface area contributed by atoms with Crippen molar-refractivity contribution in [2.24, 2.45) is 5.41 Å². The lowest BCUT2D eigenvalue weighted by Crippen LogP contribution is -2.44. The summed E-state index contributed by atoms with van der Waals surface area (Å²) in [4.78, 5) is 26.3. The summed E-state index contributed by atoms with van der Waals surface area (Å²) in [7, 11) is 2.13. The van der Waals surface area contributed by atoms with Gasteiger partial charge in [0, 0.05) is 32.5 Å². The molecule has 1 spiro atoms. The highest BCUT2D eigenvalue weighted by Crippen LogP contribution is 2.48. The number of para-hydroxylation sites is 1. The van der Waals surface area contributed by atoms with Crippen LogP contribution < -0.4 is 0 Å². The SMILES string of the molecule is Cc1noc([C@@H]2CC3(CCN(C(=O)CCc4nc5ccccc5s4)CC3)CN2C)n1. The van der Waals surface area contributed by atoms with Gasteiger partial charge < -0.3 is 9.42 Å². The first-order valence-corrected chi connectivity index (χ1v) is 11.5. The van der Waals surface area contributed by atoms with Crippen LogP contribution in [-0.4, -0.2) is 57.5 Å². The van der Waals surface area contributed by atoms with Gasteiger partial charge in [-0.3, -0.25) is 9.69 Å². The standard InChI is InChI=1S/C22H27N5O2S/c1-15-23-21(29-25-15)17-13-22(14-26(17)2)9-11-27(12-10-22)20(28)8-7-19-24-16-5-3-4-6-18(16)30-19/h3-6,17H,7-14H2,1-2H3/t17-/m0/s1. The second-order valence-corrected chi connectivity index (χ2v) is 9.89. The summed E-state index contributed by atoms with van der Waals surface area (Å²) in [5.41, 5.74) is 1.27. The van der Waals surface area contributed by atoms with Crippen molar-refractivity contribution in [1.29, 1.82) is 0 Å². The van der Waals surface area contributed by atoms with Gasteiger partial charge in [-0.25, -0.2) is 4.98 Å². The van der Waals surface area contributed by atoms with E-state index in [9.17, 15) is 4.79 Å². The molecule has 2 aromatic heterocycles. The van der Waals surface area contributed by atoms with Crippen molar-refractivity contribution in [3.63, 3.8) is 0 Å². The number of likely N-dealkylation sites (tertiary alicyclic amines) is 2. The third-order valence-corrected chi connectivity index (χ3v) is 7.74. The summed E-state index contributed by atoms with van der Waals surface area (Å²) in [6, 6.07) is 8.34. The summed E-state index contributed by atoms with van der Waals surface area (Å²) in [6.45, 7) is 4.55. The number of thiazole rings is 1. The Morgan fingerprint density at radius 1 is 1.27 bits per heavy atom. The number of amides is 1. The van der Waals surface area contributed by atoms with Crippen molar-refractivity contribution in [1.82, 2.24) is 24.9 Å². The third-order valence-electron chi connectivity index (χ3n) is 6.64. The quantitative estimate of drug-likeness (QED) is 0.636. The van der Waals surface area contributed by atoms with Crippen LogP contribution in [0.1, 0.15) is 48.4 Å². The van der Waals surface area contributed by atoms with E-state index in [1.165, 1.54) is 4.70 Å². The minimum absolute atomic E-state index is 0.187. The monoisotopic (exact) mass is 425 g/mol. The van der Waals surface area contributed by atoms with E-state index in [1.807, 2.05) is 30.0 Å². The Morgan fingerprint density at radius 3 is 2.80 bits per heavy atom. The fourth-order valence-electron chi connectivity index (χ4n) is 4.99. The second kappa shape index (κ2) is 7.74. The van der Waals surface area contributed by atoms with E-state index in [2.05, 4.69) is 33.1 Å². The highest BCUT2D eigenvalue weighted by atomic mass is 32.1. The lowest BCUT2D eigenvalue weighted by Gasteiger charge is -2.39. The molecule has 0 bridgehead atoms. The molecule has 7 nitrogen and oxygen atoms in total. The molecule has 0 radical (unpaired) electrons. The minimum Gasteiger partial charge on any atom is -0.343 e. The lowest BCUT2D eigenvalue weighted by atomic mass is 9.76. The first-order valence-electron chi connectivity index (χ1n) is 10.6. The number of benzene rings is 1. The predicted molar refractivity (Wildman–Crippen MR) is 115 cm³/mol. The molecule has 2 aliphatic heterocycles. The Kier molecular flexibility index (Phi) is 5.06. The molecule has 2 saturated heterocycles. The number of aryl methyl sites for hydroxylation is 2. The normalized spacial score (nSPS) is 21.7. The topological polar surface area (TPSA) is 75.4 Å². The van der Waals surface area contributed by atoms with E-state index in [4.69, 9.17) is 4.52 Å². The van der Waals surface area contributed by atoms with Crippen molar-refractivity contribution < 1.29 is 9.32 Å². The Bertz CT molecular complexity index is 1020. The molecule has 3 aromatic rings. The first-order chi connectivity index (χ1) is 14.5. The second-order valence-electron chi connectivity index (χ2n) is 8.77. The first kappa shape index (κ1) is 19.6. The number of carbonyl (C=O) groups is 1. The van der Waals surface area contributed by atoms with Gasteiger partial charge in [0.1, 0.15) is 0 Å². The molecular weight excluding hydrogens is 398 g/mol. The molecule has 0 unspecified atom stereocenters. The number of nitrogens with zero attached hydrogens (tertiary/aromatic N) is 5. The van der Waals surface area contributed by atoms with E-state index < -0.39 is 0 Å². The summed E-state index contributed by atoms with van der Waals surface area (Å²) in [5, 5.41) is 5.00. The molecule has 1 amide bonds. The van der Waals surface area contributed by atoms with Crippen LogP contribution in [-0.2, 0) is 11.2 Å². The van der Waals surface area contributed by atoms with Gasteiger partial charge in [0.2, 0.25) is 11.8 Å². The molecule has 30 heavy (non-hydrogen) atoms. The smallest absolute Gasteiger partial charge is 0.243 e. The van der Waals surface area contributed by atoms with Gasteiger partial charge in [-0.15, -0.1) is 11.3 Å². The Morgan fingerprint density at radius 2 is 2.07 bits per heavy atom. The van der Waals surface area contributed by atoms with Crippen molar-refractivity contribution in [3.8, 4) is 0 Å². The van der Waals surface area contributed by atoms with Crippen LogP contribution in [0.2, 0.25) is 0 Å². The average molecular weight is 426 g/mol. The Hall–Kier alpha value is -2.32. The molecule has 2 aliphatic rings. The summed E-state index contributed by atoms with van der Waals surface area (Å²) < 4.78 is 6.63. The van der Waals surface area contributed by atoms with Crippen LogP contribution in [0.5, 0.6) is 0 Å². The van der Waals surface area contributed by atoms with Crippen LogP contribution in [0.25, 0.3) is 10.2 Å². The lowest BCUT2D eigenvalue weighted by molar-refractivity contribution is -0.133. The molecule has 8 heteroatoms. The number of hydrogen-bond acceptors (Lipinski definition) is 7. The van der Waals surface area contributed by atoms with Gasteiger partial charge >= 0.3 is 0 Å². The molecule has 158 valence electrons. The van der Waals surface area contributed by atoms with Crippen LogP contribution in [0.3, 0.4) is 0 Å². The average Bonchev–Trinajstić information content (AvgIpc) is 3.43. The molecule has 0 saturated carbocycles. The van der Waals surface area contributed by atoms with E-state index >= 15 is 0 Å². The van der Waals surface area contributed by atoms with Crippen molar-refractivity contribution in [3.05, 3.63) is 41.0 Å². The summed E-state index contributed by atoms with van der Waals surface area (Å²) >= 11 is 1.69. The van der Waals surface area contributed by atoms with Crippen molar-refractivity contribution in [2.75, 3.05) is 26.7 Å². The number of hydrogen-bond donors (Lipinski definition) is 0. The molecule has 1 aromatic carbocycles. The number of rotatable bonds is 4. The van der Waals surface area contributed by atoms with E-state index in [0.29, 0.717) is 12.2 Å². The largest absolute Gasteiger partial charge is 0.343 e. The van der Waals surface area contributed by atoms with Crippen LogP contribution in [0, 0.1) is 12.3 Å². The van der Waals surface area contributed by atoms with Gasteiger partial charge in [-0.05, 0) is 50.8 Å². The van der Waals surface area contributed by atoms with Gasteiger partial charge in [0.05, 0.1) is 21.3 Å². The maximum absolute atomic E-state index is 12.8. The van der Waals surface area contributed by atoms with Crippen molar-refractivity contribution >= 4 is 27.5 Å². The van der Waals surface area contributed by atoms with E-state index in [-0.39, 0.29) is 17.4 Å². The number of carbonyl (C=O) groups excluding carboxylic acids is 1. The van der Waals surface area contributed by atoms with Crippen LogP contribution >= 0.6 is 11.3 Å². The van der Waals surface area contributed by atoms with E-state index in [0.717, 1.165) is 61.7 Å².